The molecule has 7 nitrogen and oxygen atoms in total. The fourth-order valence-corrected chi connectivity index (χ4v) is 6.10. The van der Waals surface area contributed by atoms with Crippen molar-refractivity contribution in [1.29, 1.82) is 0 Å². The van der Waals surface area contributed by atoms with E-state index in [0.29, 0.717) is 17.7 Å². The van der Waals surface area contributed by atoms with E-state index in [-0.39, 0.29) is 17.3 Å². The number of anilines is 1. The van der Waals surface area contributed by atoms with Gasteiger partial charge < -0.3 is 10.2 Å². The van der Waals surface area contributed by atoms with Crippen LogP contribution in [0.4, 0.5) is 10.1 Å². The molecule has 0 aliphatic heterocycles. The van der Waals surface area contributed by atoms with Crippen molar-refractivity contribution in [2.45, 2.75) is 69.0 Å². The molecule has 41 heavy (non-hydrogen) atoms. The maximum atomic E-state index is 14.1. The number of nitrogens with zero attached hydrogens (tertiary/aromatic N) is 2. The van der Waals surface area contributed by atoms with Crippen LogP contribution in [0.15, 0.2) is 82.6 Å². The van der Waals surface area contributed by atoms with Crippen LogP contribution in [-0.2, 0) is 26.2 Å². The van der Waals surface area contributed by atoms with E-state index in [4.69, 9.17) is 0 Å². The summed E-state index contributed by atoms with van der Waals surface area (Å²) >= 11 is 1.49. The minimum Gasteiger partial charge on any atom is -0.350 e. The topological polar surface area (TPSA) is 86.8 Å². The van der Waals surface area contributed by atoms with E-state index in [2.05, 4.69) is 5.32 Å². The monoisotopic (exact) mass is 599 g/mol. The molecule has 1 atom stereocenters. The van der Waals surface area contributed by atoms with E-state index < -0.39 is 39.9 Å². The number of amides is 2. The molecule has 0 aromatic heterocycles. The Labute approximate surface area is 247 Å². The van der Waals surface area contributed by atoms with Crippen molar-refractivity contribution >= 4 is 39.3 Å². The number of carbonyl (C=O) groups excluding carboxylic acids is 2. The molecule has 0 radical (unpaired) electrons. The molecule has 3 aromatic carbocycles. The Morgan fingerprint density at radius 1 is 0.951 bits per heavy atom. The number of thioether (sulfide) groups is 1. The minimum absolute atomic E-state index is 0.000607. The maximum absolute atomic E-state index is 14.1. The van der Waals surface area contributed by atoms with Gasteiger partial charge in [0.25, 0.3) is 10.0 Å². The number of benzene rings is 3. The van der Waals surface area contributed by atoms with E-state index >= 15 is 0 Å². The van der Waals surface area contributed by atoms with Crippen LogP contribution < -0.4 is 9.62 Å². The summed E-state index contributed by atoms with van der Waals surface area (Å²) < 4.78 is 42.6. The molecule has 0 heterocycles. The third-order valence-electron chi connectivity index (χ3n) is 6.40. The first-order valence-electron chi connectivity index (χ1n) is 13.3. The molecule has 10 heteroatoms. The van der Waals surface area contributed by atoms with Crippen LogP contribution in [0.1, 0.15) is 45.2 Å². The quantitative estimate of drug-likeness (QED) is 0.283. The van der Waals surface area contributed by atoms with E-state index in [9.17, 15) is 22.4 Å². The first-order chi connectivity index (χ1) is 19.2. The van der Waals surface area contributed by atoms with Crippen LogP contribution >= 0.6 is 11.8 Å². The van der Waals surface area contributed by atoms with Crippen molar-refractivity contribution in [3.8, 4) is 0 Å². The van der Waals surface area contributed by atoms with Gasteiger partial charge in [-0.2, -0.15) is 0 Å². The summed E-state index contributed by atoms with van der Waals surface area (Å²) in [5, 5.41) is 2.93. The van der Waals surface area contributed by atoms with Gasteiger partial charge in [0.2, 0.25) is 11.8 Å². The second-order valence-electron chi connectivity index (χ2n) is 10.8. The first kappa shape index (κ1) is 32.1. The molecule has 0 fully saturated rings. The molecule has 2 amide bonds. The van der Waals surface area contributed by atoms with Crippen LogP contribution in [0.2, 0.25) is 0 Å². The molecule has 0 saturated heterocycles. The van der Waals surface area contributed by atoms with Gasteiger partial charge in [-0.15, -0.1) is 11.8 Å². The number of sulfonamides is 1. The number of halogens is 1. The number of hydrogen-bond donors (Lipinski definition) is 1. The lowest BCUT2D eigenvalue weighted by Crippen LogP contribution is -2.55. The van der Waals surface area contributed by atoms with E-state index in [1.807, 2.05) is 34.0 Å². The van der Waals surface area contributed by atoms with Gasteiger partial charge in [-0.25, -0.2) is 12.8 Å². The number of carbonyl (C=O) groups is 2. The summed E-state index contributed by atoms with van der Waals surface area (Å²) in [5.41, 5.74) is 1.32. The second-order valence-corrected chi connectivity index (χ2v) is 13.6. The van der Waals surface area contributed by atoms with Crippen molar-refractivity contribution in [3.05, 3.63) is 89.7 Å². The third kappa shape index (κ3) is 8.56. The lowest BCUT2D eigenvalue weighted by molar-refractivity contribution is -0.141. The zero-order chi connectivity index (χ0) is 30.4. The molecular weight excluding hydrogens is 561 g/mol. The predicted octanol–water partition coefficient (Wildman–Crippen LogP) is 5.77. The molecule has 0 spiro atoms. The highest BCUT2D eigenvalue weighted by Gasteiger charge is 2.34. The van der Waals surface area contributed by atoms with Crippen LogP contribution in [0, 0.1) is 12.7 Å². The summed E-state index contributed by atoms with van der Waals surface area (Å²) in [4.78, 5) is 29.8. The molecule has 0 aliphatic carbocycles. The smallest absolute Gasteiger partial charge is 0.264 e. The molecule has 3 aromatic rings. The highest BCUT2D eigenvalue weighted by Crippen LogP contribution is 2.27. The first-order valence-corrected chi connectivity index (χ1v) is 16.0. The minimum atomic E-state index is -4.15. The second kappa shape index (κ2) is 13.5. The lowest BCUT2D eigenvalue weighted by atomic mass is 10.1. The normalized spacial score (nSPS) is 12.5. The molecule has 3 rings (SSSR count). The Morgan fingerprint density at radius 2 is 1.54 bits per heavy atom. The van der Waals surface area contributed by atoms with Crippen molar-refractivity contribution in [2.24, 2.45) is 0 Å². The van der Waals surface area contributed by atoms with Crippen LogP contribution in [0.3, 0.4) is 0 Å². The van der Waals surface area contributed by atoms with Gasteiger partial charge in [0.15, 0.2) is 0 Å². The average molecular weight is 600 g/mol. The van der Waals surface area contributed by atoms with E-state index in [0.717, 1.165) is 14.8 Å². The van der Waals surface area contributed by atoms with Gasteiger partial charge in [0, 0.05) is 17.0 Å². The van der Waals surface area contributed by atoms with Crippen LogP contribution in [0.5, 0.6) is 0 Å². The van der Waals surface area contributed by atoms with E-state index in [1.165, 1.54) is 40.9 Å². The Kier molecular flexibility index (Phi) is 10.6. The van der Waals surface area contributed by atoms with Gasteiger partial charge >= 0.3 is 0 Å². The molecule has 1 N–H and O–H groups in total. The van der Waals surface area contributed by atoms with Crippen molar-refractivity contribution in [1.82, 2.24) is 10.2 Å². The molecular formula is C31H38FN3O4S2. The zero-order valence-corrected chi connectivity index (χ0v) is 26.0. The van der Waals surface area contributed by atoms with Gasteiger partial charge in [-0.05, 0) is 94.5 Å². The Balaban J connectivity index is 2.06. The maximum Gasteiger partial charge on any atom is 0.264 e. The fraction of sp³-hybridized carbons (Fsp3) is 0.355. The number of rotatable bonds is 11. The third-order valence-corrected chi connectivity index (χ3v) is 8.93. The van der Waals surface area contributed by atoms with E-state index in [1.54, 1.807) is 55.5 Å². The van der Waals surface area contributed by atoms with Gasteiger partial charge in [0.1, 0.15) is 18.4 Å². The summed E-state index contributed by atoms with van der Waals surface area (Å²) in [7, 11) is -4.15. The summed E-state index contributed by atoms with van der Waals surface area (Å²) in [5.74, 6) is -1.34. The lowest BCUT2D eigenvalue weighted by Gasteiger charge is -2.34. The molecule has 0 unspecified atom stereocenters. The SMILES string of the molecule is CC[C@H](C(=O)NC(C)(C)C)N(Cc1ccc(F)cc1)C(=O)CN(c1ccc(C)cc1)S(=O)(=O)c1ccc(SC)cc1. The molecule has 220 valence electrons. The predicted molar refractivity (Wildman–Crippen MR) is 163 cm³/mol. The van der Waals surface area contributed by atoms with Crippen molar-refractivity contribution in [3.63, 3.8) is 0 Å². The standard InChI is InChI=1S/C31H38FN3O4S2/c1-7-28(30(37)33-31(3,4)5)34(20-23-10-12-24(32)13-11-23)29(36)21-35(25-14-8-22(2)9-15-25)41(38,39)27-18-16-26(40-6)17-19-27/h8-19,28H,7,20-21H2,1-6H3,(H,33,37)/t28-/m1/s1. The highest BCUT2D eigenvalue weighted by molar-refractivity contribution is 7.98. The zero-order valence-electron chi connectivity index (χ0n) is 24.3. The molecule has 0 bridgehead atoms. The van der Waals surface area contributed by atoms with Crippen molar-refractivity contribution < 1.29 is 22.4 Å². The van der Waals surface area contributed by atoms with Crippen LogP contribution in [-0.4, -0.2) is 49.5 Å². The Bertz CT molecular complexity index is 1440. The van der Waals surface area contributed by atoms with Gasteiger partial charge in [-0.3, -0.25) is 13.9 Å². The largest absolute Gasteiger partial charge is 0.350 e. The fourth-order valence-electron chi connectivity index (χ4n) is 4.27. The highest BCUT2D eigenvalue weighted by atomic mass is 32.2. The number of aryl methyl sites for hydroxylation is 1. The summed E-state index contributed by atoms with van der Waals surface area (Å²) in [6.07, 6.45) is 2.19. The van der Waals surface area contributed by atoms with Crippen LogP contribution in [0.25, 0.3) is 0 Å². The number of nitrogens with one attached hydrogen (secondary N) is 1. The van der Waals surface area contributed by atoms with Gasteiger partial charge in [0.05, 0.1) is 10.6 Å². The summed E-state index contributed by atoms with van der Waals surface area (Å²) in [6.45, 7) is 8.68. The van der Waals surface area contributed by atoms with Gasteiger partial charge in [-0.1, -0.05) is 36.8 Å². The molecule has 0 aliphatic rings. The Morgan fingerprint density at radius 3 is 2.05 bits per heavy atom. The Hall–Kier alpha value is -3.37. The molecule has 0 saturated carbocycles. The average Bonchev–Trinajstić information content (AvgIpc) is 2.92. The summed E-state index contributed by atoms with van der Waals surface area (Å²) in [6, 6.07) is 18.1. The number of hydrogen-bond acceptors (Lipinski definition) is 5. The van der Waals surface area contributed by atoms with Crippen molar-refractivity contribution in [2.75, 3.05) is 17.1 Å².